The number of nitrogens with two attached hydrogens (primary N) is 1. The molecule has 1 fully saturated rings. The number of aliphatic carboxylic acids is 1. The maximum Gasteiger partial charge on any atom is 0.352 e. The van der Waals surface area contributed by atoms with Gasteiger partial charge in [-0.3, -0.25) is 19.3 Å². The number of phenols is 1. The van der Waals surface area contributed by atoms with Crippen molar-refractivity contribution in [2.24, 2.45) is 5.16 Å². The summed E-state index contributed by atoms with van der Waals surface area (Å²) in [6.45, 7) is 0.371. The van der Waals surface area contributed by atoms with Crippen LogP contribution >= 0.6 is 23.1 Å². The van der Waals surface area contributed by atoms with E-state index in [-0.39, 0.29) is 28.0 Å². The van der Waals surface area contributed by atoms with Crippen LogP contribution in [0.3, 0.4) is 0 Å². The number of oxime groups is 1. The van der Waals surface area contributed by atoms with E-state index in [9.17, 15) is 29.4 Å². The maximum absolute atomic E-state index is 13.0. The van der Waals surface area contributed by atoms with Crippen molar-refractivity contribution in [2.75, 3.05) is 18.6 Å². The van der Waals surface area contributed by atoms with Crippen LogP contribution in [0.5, 0.6) is 5.75 Å². The first kappa shape index (κ1) is 27.0. The van der Waals surface area contributed by atoms with Gasteiger partial charge in [0.1, 0.15) is 29.9 Å². The van der Waals surface area contributed by atoms with E-state index in [1.165, 1.54) is 41.3 Å². The molecular weight excluding hydrogens is 560 g/mol. The Balaban J connectivity index is 1.31. The first-order valence-electron chi connectivity index (χ1n) is 11.7. The summed E-state index contributed by atoms with van der Waals surface area (Å²) in [5, 5.41) is 27.1. The van der Waals surface area contributed by atoms with E-state index in [4.69, 9.17) is 10.6 Å². The number of amides is 2. The minimum absolute atomic E-state index is 0.148. The Bertz CT molecular complexity index is 1640. The number of fused-ring (bicyclic) bond motifs is 2. The number of carbonyl (C=O) groups is 3. The average Bonchev–Trinajstić information content (AvgIpc) is 3.36. The molecule has 0 aromatic carbocycles. The van der Waals surface area contributed by atoms with E-state index < -0.39 is 34.6 Å². The number of hydrogen-bond donors (Lipinski definition) is 4. The lowest BCUT2D eigenvalue weighted by molar-refractivity contribution is -0.150. The van der Waals surface area contributed by atoms with Crippen molar-refractivity contribution in [3.8, 4) is 16.9 Å². The molecular formula is C25H22N6O7S2. The highest BCUT2D eigenvalue weighted by atomic mass is 32.2. The number of thioether (sulfide) groups is 1. The number of benzene rings is 1. The lowest BCUT2D eigenvalue weighted by Crippen LogP contribution is -2.71. The molecule has 1 saturated heterocycles. The molecule has 5 rings (SSSR count). The van der Waals surface area contributed by atoms with Gasteiger partial charge in [0.15, 0.2) is 16.6 Å². The highest BCUT2D eigenvalue weighted by molar-refractivity contribution is 8.00. The number of anilines is 1. The minimum Gasteiger partial charge on any atom is -0.504 e. The van der Waals surface area contributed by atoms with Crippen LogP contribution in [0, 0.1) is 0 Å². The van der Waals surface area contributed by atoms with Crippen LogP contribution in [0.15, 0.2) is 69.3 Å². The number of carboxylic acid groups (broad SMARTS) is 1. The Kier molecular flexibility index (Phi) is 7.32. The van der Waals surface area contributed by atoms with E-state index >= 15 is 0 Å². The SMILES string of the molecule is CO/N=C(\C(=O)NC1C(=O)N2C(C(=O)O)=C(/C=C/Cn3ccc4cc(=O)c(O)cc-4c3)CS[C@@H]12)c1csc(N)n1. The van der Waals surface area contributed by atoms with E-state index in [1.54, 1.807) is 35.2 Å². The fourth-order valence-electron chi connectivity index (χ4n) is 4.36. The Labute approximate surface area is 234 Å². The smallest absolute Gasteiger partial charge is 0.352 e. The molecule has 13 nitrogen and oxygen atoms in total. The molecule has 4 aliphatic rings. The first-order valence-corrected chi connectivity index (χ1v) is 13.6. The normalized spacial score (nSPS) is 19.1. The third-order valence-corrected chi connectivity index (χ3v) is 8.18. The molecule has 1 aromatic heterocycles. The summed E-state index contributed by atoms with van der Waals surface area (Å²) in [4.78, 5) is 59.6. The van der Waals surface area contributed by atoms with Crippen LogP contribution in [-0.2, 0) is 25.8 Å². The van der Waals surface area contributed by atoms with Crippen LogP contribution in [0.25, 0.3) is 11.1 Å². The van der Waals surface area contributed by atoms with Crippen molar-refractivity contribution in [1.29, 1.82) is 0 Å². The molecule has 0 spiro atoms. The Hall–Kier alpha value is -4.63. The van der Waals surface area contributed by atoms with Crippen molar-refractivity contribution >= 4 is 51.7 Å². The number of allylic oxidation sites excluding steroid dienone is 2. The largest absolute Gasteiger partial charge is 0.504 e. The fraction of sp³-hybridized carbons (Fsp3) is 0.200. The van der Waals surface area contributed by atoms with Crippen molar-refractivity contribution < 1.29 is 29.4 Å². The topological polar surface area (TPSA) is 189 Å². The predicted molar refractivity (Wildman–Crippen MR) is 148 cm³/mol. The van der Waals surface area contributed by atoms with Gasteiger partial charge in [0, 0.05) is 35.6 Å². The molecule has 2 atom stereocenters. The third-order valence-electron chi connectivity index (χ3n) is 6.20. The first-order chi connectivity index (χ1) is 19.2. The van der Waals surface area contributed by atoms with Gasteiger partial charge >= 0.3 is 5.97 Å². The van der Waals surface area contributed by atoms with Gasteiger partial charge in [-0.25, -0.2) is 9.78 Å². The Morgan fingerprint density at radius 3 is 2.83 bits per heavy atom. The van der Waals surface area contributed by atoms with Crippen molar-refractivity contribution in [2.45, 2.75) is 18.0 Å². The molecule has 1 aliphatic carbocycles. The number of nitrogens with one attached hydrogen (secondary N) is 1. The number of aromatic nitrogens is 2. The molecule has 4 heterocycles. The summed E-state index contributed by atoms with van der Waals surface area (Å²) < 4.78 is 1.80. The lowest BCUT2D eigenvalue weighted by Gasteiger charge is -2.49. The lowest BCUT2D eigenvalue weighted by atomic mass is 10.0. The Morgan fingerprint density at radius 2 is 2.12 bits per heavy atom. The Morgan fingerprint density at radius 1 is 1.32 bits per heavy atom. The number of rotatable bonds is 8. The van der Waals surface area contributed by atoms with Crippen molar-refractivity contribution in [3.05, 3.63) is 75.3 Å². The second-order valence-corrected chi connectivity index (χ2v) is 10.7. The molecule has 206 valence electrons. The van der Waals surface area contributed by atoms with E-state index in [1.807, 2.05) is 0 Å². The molecule has 1 aromatic rings. The van der Waals surface area contributed by atoms with Gasteiger partial charge in [0.2, 0.25) is 5.43 Å². The van der Waals surface area contributed by atoms with Gasteiger partial charge in [0.25, 0.3) is 11.8 Å². The molecule has 0 saturated carbocycles. The number of carboxylic acids is 1. The predicted octanol–water partition coefficient (Wildman–Crippen LogP) is 1.04. The molecule has 40 heavy (non-hydrogen) atoms. The summed E-state index contributed by atoms with van der Waals surface area (Å²) in [6.07, 6.45) is 6.92. The van der Waals surface area contributed by atoms with E-state index in [2.05, 4.69) is 15.5 Å². The quantitative estimate of drug-likeness (QED) is 0.170. The van der Waals surface area contributed by atoms with Crippen LogP contribution in [0.4, 0.5) is 5.13 Å². The fourth-order valence-corrected chi connectivity index (χ4v) is 6.22. The van der Waals surface area contributed by atoms with Gasteiger partial charge in [-0.1, -0.05) is 17.3 Å². The number of nitrogens with zero attached hydrogens (tertiary/aromatic N) is 4. The zero-order chi connectivity index (χ0) is 28.6. The maximum atomic E-state index is 13.0. The van der Waals surface area contributed by atoms with E-state index in [0.29, 0.717) is 29.0 Å². The van der Waals surface area contributed by atoms with Gasteiger partial charge in [-0.2, -0.15) is 0 Å². The van der Waals surface area contributed by atoms with Gasteiger partial charge < -0.3 is 30.7 Å². The number of β-lactam (4-membered cyclic amide) rings is 1. The number of phenolic OH excluding ortho intramolecular Hbond substituents is 1. The van der Waals surface area contributed by atoms with Crippen molar-refractivity contribution in [3.63, 3.8) is 0 Å². The van der Waals surface area contributed by atoms with Crippen LogP contribution in [0.1, 0.15) is 5.69 Å². The van der Waals surface area contributed by atoms with Crippen molar-refractivity contribution in [1.82, 2.24) is 19.8 Å². The summed E-state index contributed by atoms with van der Waals surface area (Å²) in [7, 11) is 1.27. The number of carbonyl (C=O) groups excluding carboxylic acids is 2. The minimum atomic E-state index is -1.26. The molecule has 2 amide bonds. The average molecular weight is 583 g/mol. The summed E-state index contributed by atoms with van der Waals surface area (Å²) in [5.41, 5.74) is 6.88. The second kappa shape index (κ2) is 10.9. The highest BCUT2D eigenvalue weighted by Crippen LogP contribution is 2.40. The number of thiazole rings is 1. The standard InChI is InChI=1S/C25H22N6O7S2/c1-38-29-18(15-11-40-25(26)27-15)21(34)28-19-22(35)31-20(24(36)37)13(10-39-23(19)31)3-2-5-30-6-4-12-7-16(32)17(33)8-14(12)9-30/h2-4,6-9,11,19,23,33H,5,10H2,1H3,(H2,26,27)(H,28,34)(H,36,37)/b3-2+,29-18-/t19?,23-/m0/s1. The van der Waals surface area contributed by atoms with E-state index in [0.717, 1.165) is 11.3 Å². The molecule has 3 aliphatic heterocycles. The zero-order valence-corrected chi connectivity index (χ0v) is 22.4. The number of pyridine rings is 1. The molecule has 0 radical (unpaired) electrons. The summed E-state index contributed by atoms with van der Waals surface area (Å²) in [6, 6.07) is 3.52. The number of aromatic hydroxyl groups is 1. The van der Waals surface area contributed by atoms with Crippen LogP contribution in [0.2, 0.25) is 0 Å². The zero-order valence-electron chi connectivity index (χ0n) is 20.8. The van der Waals surface area contributed by atoms with Gasteiger partial charge in [0.05, 0.1) is 0 Å². The highest BCUT2D eigenvalue weighted by Gasteiger charge is 2.54. The summed E-state index contributed by atoms with van der Waals surface area (Å²) in [5.74, 6) is -2.57. The summed E-state index contributed by atoms with van der Waals surface area (Å²) >= 11 is 2.43. The molecule has 15 heteroatoms. The van der Waals surface area contributed by atoms with Gasteiger partial charge in [-0.05, 0) is 29.3 Å². The molecule has 5 N–H and O–H groups in total. The number of hydrogen-bond acceptors (Lipinski definition) is 11. The number of nitrogen functional groups attached to an aromatic ring is 1. The second-order valence-electron chi connectivity index (χ2n) is 8.73. The molecule has 1 unspecified atom stereocenters. The monoisotopic (exact) mass is 582 g/mol. The van der Waals surface area contributed by atoms with Crippen LogP contribution < -0.4 is 16.5 Å². The van der Waals surface area contributed by atoms with Gasteiger partial charge in [-0.15, -0.1) is 23.1 Å². The third kappa shape index (κ3) is 5.03. The molecule has 0 bridgehead atoms. The van der Waals surface area contributed by atoms with Crippen LogP contribution in [-0.4, -0.2) is 72.4 Å².